The topological polar surface area (TPSA) is 54.4 Å². The second-order valence-corrected chi connectivity index (χ2v) is 4.59. The summed E-state index contributed by atoms with van der Waals surface area (Å²) in [6.45, 7) is -0.136. The highest BCUT2D eigenvalue weighted by Gasteiger charge is 2.06. The maximum atomic E-state index is 11.0. The molecule has 1 rings (SSSR count). The Kier molecular flexibility index (Phi) is 2.49. The van der Waals surface area contributed by atoms with Crippen molar-refractivity contribution in [2.24, 2.45) is 0 Å². The number of benzene rings is 1. The third kappa shape index (κ3) is 2.06. The molecule has 0 amide bonds. The van der Waals surface area contributed by atoms with Crippen molar-refractivity contribution in [3.63, 3.8) is 0 Å². The van der Waals surface area contributed by atoms with Gasteiger partial charge in [-0.25, -0.2) is 8.42 Å². The summed E-state index contributed by atoms with van der Waals surface area (Å²) in [7, 11) is -3.15. The minimum Gasteiger partial charge on any atom is -0.392 e. The average molecular weight is 186 g/mol. The first-order valence-electron chi connectivity index (χ1n) is 3.44. The molecular weight excluding hydrogens is 176 g/mol. The highest BCUT2D eigenvalue weighted by molar-refractivity contribution is 7.90. The molecule has 0 bridgehead atoms. The van der Waals surface area contributed by atoms with E-state index < -0.39 is 9.84 Å². The molecule has 12 heavy (non-hydrogen) atoms. The molecule has 0 aromatic heterocycles. The summed E-state index contributed by atoms with van der Waals surface area (Å²) in [5, 5.41) is 8.73. The zero-order valence-electron chi connectivity index (χ0n) is 6.69. The molecule has 0 saturated heterocycles. The van der Waals surface area contributed by atoms with E-state index in [0.717, 1.165) is 6.26 Å². The number of rotatable bonds is 2. The normalized spacial score (nSPS) is 11.5. The Morgan fingerprint density at radius 2 is 2.08 bits per heavy atom. The number of aliphatic hydroxyl groups is 1. The van der Waals surface area contributed by atoms with Crippen molar-refractivity contribution in [2.75, 3.05) is 6.26 Å². The van der Waals surface area contributed by atoms with Crippen LogP contribution >= 0.6 is 0 Å². The average Bonchev–Trinajstić information content (AvgIpc) is 2.03. The van der Waals surface area contributed by atoms with Crippen LogP contribution in [0.15, 0.2) is 29.2 Å². The number of hydrogen-bond donors (Lipinski definition) is 1. The lowest BCUT2D eigenvalue weighted by atomic mass is 10.2. The molecule has 0 aliphatic heterocycles. The molecule has 4 heteroatoms. The molecule has 0 atom stereocenters. The lowest BCUT2D eigenvalue weighted by molar-refractivity contribution is 0.281. The number of aliphatic hydroxyl groups excluding tert-OH is 1. The Bertz CT molecular complexity index is 368. The van der Waals surface area contributed by atoms with Crippen molar-refractivity contribution >= 4 is 9.84 Å². The number of sulfone groups is 1. The predicted octanol–water partition coefficient (Wildman–Crippen LogP) is 0.582. The van der Waals surface area contributed by atoms with Crippen LogP contribution in [0, 0.1) is 0 Å². The molecule has 0 unspecified atom stereocenters. The molecule has 0 aliphatic carbocycles. The van der Waals surface area contributed by atoms with E-state index in [1.54, 1.807) is 12.1 Å². The van der Waals surface area contributed by atoms with Gasteiger partial charge in [0.05, 0.1) is 11.5 Å². The van der Waals surface area contributed by atoms with E-state index >= 15 is 0 Å². The van der Waals surface area contributed by atoms with Crippen LogP contribution < -0.4 is 0 Å². The Morgan fingerprint density at radius 3 is 2.58 bits per heavy atom. The van der Waals surface area contributed by atoms with Gasteiger partial charge in [-0.15, -0.1) is 0 Å². The van der Waals surface area contributed by atoms with Crippen molar-refractivity contribution in [3.8, 4) is 0 Å². The molecule has 1 aromatic carbocycles. The van der Waals surface area contributed by atoms with Crippen molar-refractivity contribution in [2.45, 2.75) is 11.5 Å². The van der Waals surface area contributed by atoms with E-state index in [1.807, 2.05) is 0 Å². The Balaban J connectivity index is 3.20. The van der Waals surface area contributed by atoms with E-state index in [1.165, 1.54) is 12.1 Å². The summed E-state index contributed by atoms with van der Waals surface area (Å²) in [5.74, 6) is 0. The standard InChI is InChI=1S/C8H10O3S/c1-12(10,11)8-4-2-3-7(5-8)6-9/h2-5,9H,6H2,1H3. The summed E-state index contributed by atoms with van der Waals surface area (Å²) in [5.41, 5.74) is 0.609. The van der Waals surface area contributed by atoms with Gasteiger partial charge >= 0.3 is 0 Å². The molecule has 0 spiro atoms. The van der Waals surface area contributed by atoms with E-state index in [4.69, 9.17) is 5.11 Å². The quantitative estimate of drug-likeness (QED) is 0.735. The van der Waals surface area contributed by atoms with Gasteiger partial charge in [-0.05, 0) is 17.7 Å². The Morgan fingerprint density at radius 1 is 1.42 bits per heavy atom. The third-order valence-electron chi connectivity index (χ3n) is 1.51. The molecule has 1 aromatic rings. The Labute approximate surface area is 71.6 Å². The predicted molar refractivity (Wildman–Crippen MR) is 45.5 cm³/mol. The van der Waals surface area contributed by atoms with Gasteiger partial charge in [-0.2, -0.15) is 0 Å². The fraction of sp³-hybridized carbons (Fsp3) is 0.250. The van der Waals surface area contributed by atoms with Crippen molar-refractivity contribution in [3.05, 3.63) is 29.8 Å². The van der Waals surface area contributed by atoms with E-state index in [2.05, 4.69) is 0 Å². The van der Waals surface area contributed by atoms with Crippen molar-refractivity contribution in [1.29, 1.82) is 0 Å². The molecule has 0 saturated carbocycles. The molecule has 1 N–H and O–H groups in total. The van der Waals surface area contributed by atoms with Crippen LogP contribution in [0.1, 0.15) is 5.56 Å². The molecule has 0 aliphatic rings. The zero-order valence-corrected chi connectivity index (χ0v) is 7.50. The first-order chi connectivity index (χ1) is 5.54. The summed E-state index contributed by atoms with van der Waals surface area (Å²) < 4.78 is 22.0. The van der Waals surface area contributed by atoms with Crippen LogP contribution in [-0.4, -0.2) is 19.8 Å². The largest absolute Gasteiger partial charge is 0.392 e. The van der Waals surface area contributed by atoms with Gasteiger partial charge in [0.25, 0.3) is 0 Å². The van der Waals surface area contributed by atoms with Crippen LogP contribution in [-0.2, 0) is 16.4 Å². The van der Waals surface area contributed by atoms with Gasteiger partial charge in [0, 0.05) is 6.26 Å². The van der Waals surface area contributed by atoms with Crippen molar-refractivity contribution in [1.82, 2.24) is 0 Å². The van der Waals surface area contributed by atoms with Gasteiger partial charge in [-0.1, -0.05) is 12.1 Å². The monoisotopic (exact) mass is 186 g/mol. The van der Waals surface area contributed by atoms with Gasteiger partial charge in [0.1, 0.15) is 0 Å². The summed E-state index contributed by atoms with van der Waals surface area (Å²) >= 11 is 0. The second kappa shape index (κ2) is 3.25. The van der Waals surface area contributed by atoms with Crippen LogP contribution in [0.3, 0.4) is 0 Å². The highest BCUT2D eigenvalue weighted by atomic mass is 32.2. The van der Waals surface area contributed by atoms with E-state index in [9.17, 15) is 8.42 Å². The fourth-order valence-electron chi connectivity index (χ4n) is 0.874. The lowest BCUT2D eigenvalue weighted by Gasteiger charge is -1.99. The molecular formula is C8H10O3S. The van der Waals surface area contributed by atoms with Crippen LogP contribution in [0.2, 0.25) is 0 Å². The molecule has 0 heterocycles. The van der Waals surface area contributed by atoms with Gasteiger partial charge in [0.2, 0.25) is 0 Å². The zero-order chi connectivity index (χ0) is 9.19. The molecule has 0 fully saturated rings. The van der Waals surface area contributed by atoms with Crippen LogP contribution in [0.25, 0.3) is 0 Å². The maximum Gasteiger partial charge on any atom is 0.175 e. The minimum absolute atomic E-state index is 0.136. The molecule has 3 nitrogen and oxygen atoms in total. The first-order valence-corrected chi connectivity index (χ1v) is 5.33. The maximum absolute atomic E-state index is 11.0. The molecule has 0 radical (unpaired) electrons. The Hall–Kier alpha value is -0.870. The lowest BCUT2D eigenvalue weighted by Crippen LogP contribution is -1.97. The van der Waals surface area contributed by atoms with Crippen LogP contribution in [0.4, 0.5) is 0 Å². The minimum atomic E-state index is -3.15. The fourth-order valence-corrected chi connectivity index (χ4v) is 1.57. The van der Waals surface area contributed by atoms with Crippen molar-refractivity contribution < 1.29 is 13.5 Å². The SMILES string of the molecule is CS(=O)(=O)c1cccc(CO)c1. The summed E-state index contributed by atoms with van der Waals surface area (Å²) in [6.07, 6.45) is 1.14. The van der Waals surface area contributed by atoms with Gasteiger partial charge < -0.3 is 5.11 Å². The summed E-state index contributed by atoms with van der Waals surface area (Å²) in [6, 6.07) is 6.26. The van der Waals surface area contributed by atoms with E-state index in [-0.39, 0.29) is 11.5 Å². The van der Waals surface area contributed by atoms with Crippen LogP contribution in [0.5, 0.6) is 0 Å². The number of hydrogen-bond acceptors (Lipinski definition) is 3. The first kappa shape index (κ1) is 9.22. The summed E-state index contributed by atoms with van der Waals surface area (Å²) in [4.78, 5) is 0.244. The van der Waals surface area contributed by atoms with Gasteiger partial charge in [-0.3, -0.25) is 0 Å². The van der Waals surface area contributed by atoms with Gasteiger partial charge in [0.15, 0.2) is 9.84 Å². The highest BCUT2D eigenvalue weighted by Crippen LogP contribution is 2.10. The second-order valence-electron chi connectivity index (χ2n) is 2.58. The molecule has 66 valence electrons. The smallest absolute Gasteiger partial charge is 0.175 e. The third-order valence-corrected chi connectivity index (χ3v) is 2.62. The van der Waals surface area contributed by atoms with E-state index in [0.29, 0.717) is 5.56 Å².